The van der Waals surface area contributed by atoms with E-state index >= 15 is 0 Å². The highest BCUT2D eigenvalue weighted by atomic mass is 31.2. The van der Waals surface area contributed by atoms with Crippen LogP contribution >= 0.6 is 7.60 Å². The summed E-state index contributed by atoms with van der Waals surface area (Å²) < 4.78 is 12.4. The molecule has 0 fully saturated rings. The number of hydrogen-bond donors (Lipinski definition) is 3. The van der Waals surface area contributed by atoms with E-state index in [2.05, 4.69) is 10.2 Å². The summed E-state index contributed by atoms with van der Waals surface area (Å²) in [7, 11) is -4.38. The van der Waals surface area contributed by atoms with Crippen molar-refractivity contribution in [1.82, 2.24) is 4.57 Å². The van der Waals surface area contributed by atoms with Crippen molar-refractivity contribution in [1.29, 1.82) is 0 Å². The molecule has 1 aromatic heterocycles. The Balaban J connectivity index is 2.46. The third kappa shape index (κ3) is 3.73. The summed E-state index contributed by atoms with van der Waals surface area (Å²) in [5.74, 6) is -0.299. The third-order valence-electron chi connectivity index (χ3n) is 3.19. The van der Waals surface area contributed by atoms with Crippen molar-refractivity contribution in [3.63, 3.8) is 0 Å². The molecule has 2 aromatic rings. The average molecular weight is 337 g/mol. The fraction of sp³-hybridized carbons (Fsp3) is 0.214. The number of nitrogens with zero attached hydrogens (tertiary/aromatic N) is 3. The Morgan fingerprint density at radius 1 is 1.22 bits per heavy atom. The number of aromatic nitrogens is 1. The Hall–Kier alpha value is -2.28. The van der Waals surface area contributed by atoms with Gasteiger partial charge in [-0.05, 0) is 37.6 Å². The summed E-state index contributed by atoms with van der Waals surface area (Å²) in [4.78, 5) is 30.0. The number of rotatable bonds is 4. The second kappa shape index (κ2) is 6.45. The zero-order chi connectivity index (χ0) is 17.2. The van der Waals surface area contributed by atoms with Crippen molar-refractivity contribution < 1.29 is 19.5 Å². The SMILES string of the molecule is CCn1c(O)c(N=Nc2cccc(P(=O)(O)O)c2)c(C)cc1=O. The monoisotopic (exact) mass is 337 g/mol. The van der Waals surface area contributed by atoms with E-state index in [9.17, 15) is 14.5 Å². The second-order valence-electron chi connectivity index (χ2n) is 4.85. The highest BCUT2D eigenvalue weighted by Crippen LogP contribution is 2.35. The van der Waals surface area contributed by atoms with Gasteiger partial charge in [0.2, 0.25) is 5.88 Å². The molecule has 1 aromatic carbocycles. The third-order valence-corrected chi connectivity index (χ3v) is 4.15. The Bertz CT molecular complexity index is 869. The molecule has 3 N–H and O–H groups in total. The average Bonchev–Trinajstić information content (AvgIpc) is 2.46. The van der Waals surface area contributed by atoms with E-state index in [1.54, 1.807) is 13.8 Å². The van der Waals surface area contributed by atoms with E-state index in [4.69, 9.17) is 9.79 Å². The standard InChI is InChI=1S/C14H16N3O5P/c1-3-17-12(18)7-9(2)13(14(17)19)16-15-10-5-4-6-11(8-10)23(20,21)22/h4-8,19H,3H2,1-2H3,(H2,20,21,22). The predicted molar refractivity (Wildman–Crippen MR) is 85.1 cm³/mol. The van der Waals surface area contributed by atoms with E-state index in [1.807, 2.05) is 0 Å². The maximum absolute atomic E-state index is 11.7. The van der Waals surface area contributed by atoms with Gasteiger partial charge in [0, 0.05) is 12.6 Å². The van der Waals surface area contributed by atoms with Crippen molar-refractivity contribution in [2.45, 2.75) is 20.4 Å². The molecule has 0 aliphatic heterocycles. The second-order valence-corrected chi connectivity index (χ2v) is 6.45. The summed E-state index contributed by atoms with van der Waals surface area (Å²) in [6.07, 6.45) is 0. The first-order chi connectivity index (χ1) is 10.7. The molecule has 0 bridgehead atoms. The van der Waals surface area contributed by atoms with Crippen LogP contribution in [0.4, 0.5) is 11.4 Å². The van der Waals surface area contributed by atoms with Gasteiger partial charge >= 0.3 is 7.60 Å². The lowest BCUT2D eigenvalue weighted by Crippen LogP contribution is -2.18. The maximum atomic E-state index is 11.7. The smallest absolute Gasteiger partial charge is 0.356 e. The maximum Gasteiger partial charge on any atom is 0.356 e. The van der Waals surface area contributed by atoms with Crippen LogP contribution in [0.3, 0.4) is 0 Å². The molecular weight excluding hydrogens is 321 g/mol. The van der Waals surface area contributed by atoms with E-state index in [0.717, 1.165) is 4.57 Å². The van der Waals surface area contributed by atoms with Crippen LogP contribution in [-0.2, 0) is 11.1 Å². The molecule has 23 heavy (non-hydrogen) atoms. The molecule has 2 rings (SSSR count). The minimum Gasteiger partial charge on any atom is -0.493 e. The molecule has 0 aliphatic rings. The number of azo groups is 1. The van der Waals surface area contributed by atoms with Crippen LogP contribution in [-0.4, -0.2) is 19.5 Å². The molecule has 0 amide bonds. The number of aromatic hydroxyl groups is 1. The number of benzene rings is 1. The lowest BCUT2D eigenvalue weighted by molar-refractivity contribution is 0.387. The molecule has 122 valence electrons. The van der Waals surface area contributed by atoms with Gasteiger partial charge in [-0.15, -0.1) is 5.11 Å². The van der Waals surface area contributed by atoms with Crippen LogP contribution in [0, 0.1) is 6.92 Å². The first-order valence-corrected chi connectivity index (χ1v) is 8.36. The summed E-state index contributed by atoms with van der Waals surface area (Å²) in [6.45, 7) is 3.60. The minimum atomic E-state index is -4.38. The molecule has 0 radical (unpaired) electrons. The highest BCUT2D eigenvalue weighted by molar-refractivity contribution is 7.60. The van der Waals surface area contributed by atoms with Gasteiger partial charge in [-0.1, -0.05) is 6.07 Å². The van der Waals surface area contributed by atoms with Crippen LogP contribution in [0.15, 0.2) is 45.4 Å². The summed E-state index contributed by atoms with van der Waals surface area (Å²) >= 11 is 0. The van der Waals surface area contributed by atoms with Crippen LogP contribution in [0.25, 0.3) is 0 Å². The molecule has 1 heterocycles. The summed E-state index contributed by atoms with van der Waals surface area (Å²) in [5.41, 5.74) is 0.462. The predicted octanol–water partition coefficient (Wildman–Crippen LogP) is 2.10. The van der Waals surface area contributed by atoms with Crippen LogP contribution < -0.4 is 10.9 Å². The van der Waals surface area contributed by atoms with Crippen molar-refractivity contribution in [2.24, 2.45) is 10.2 Å². The molecule has 0 saturated heterocycles. The molecule has 8 nitrogen and oxygen atoms in total. The lowest BCUT2D eigenvalue weighted by atomic mass is 10.2. The quantitative estimate of drug-likeness (QED) is 0.582. The van der Waals surface area contributed by atoms with Gasteiger partial charge < -0.3 is 14.9 Å². The van der Waals surface area contributed by atoms with Gasteiger partial charge in [-0.3, -0.25) is 13.9 Å². The van der Waals surface area contributed by atoms with E-state index < -0.39 is 7.60 Å². The Morgan fingerprint density at radius 3 is 2.52 bits per heavy atom. The molecule has 0 atom stereocenters. The first kappa shape index (κ1) is 17.1. The van der Waals surface area contributed by atoms with Crippen LogP contribution in [0.2, 0.25) is 0 Å². The molecule has 0 spiro atoms. The number of aryl methyl sites for hydroxylation is 1. The first-order valence-electron chi connectivity index (χ1n) is 6.75. The molecular formula is C14H16N3O5P. The highest BCUT2D eigenvalue weighted by Gasteiger charge is 2.17. The van der Waals surface area contributed by atoms with E-state index in [-0.39, 0.29) is 34.7 Å². The number of hydrogen-bond acceptors (Lipinski definition) is 5. The van der Waals surface area contributed by atoms with Gasteiger partial charge in [0.1, 0.15) is 5.69 Å². The molecule has 0 saturated carbocycles. The summed E-state index contributed by atoms with van der Waals surface area (Å²) in [5, 5.41) is 17.7. The van der Waals surface area contributed by atoms with Crippen molar-refractivity contribution in [3.05, 3.63) is 46.2 Å². The van der Waals surface area contributed by atoms with Gasteiger partial charge in [0.05, 0.1) is 11.0 Å². The van der Waals surface area contributed by atoms with Gasteiger partial charge in [-0.2, -0.15) is 5.11 Å². The zero-order valence-corrected chi connectivity index (χ0v) is 13.4. The lowest BCUT2D eigenvalue weighted by Gasteiger charge is -2.09. The van der Waals surface area contributed by atoms with E-state index in [0.29, 0.717) is 5.56 Å². The van der Waals surface area contributed by atoms with Gasteiger partial charge in [0.25, 0.3) is 5.56 Å². The summed E-state index contributed by atoms with van der Waals surface area (Å²) in [6, 6.07) is 6.81. The molecule has 9 heteroatoms. The fourth-order valence-corrected chi connectivity index (χ4v) is 2.59. The van der Waals surface area contributed by atoms with Crippen LogP contribution in [0.1, 0.15) is 12.5 Å². The van der Waals surface area contributed by atoms with Crippen molar-refractivity contribution in [3.8, 4) is 5.88 Å². The Morgan fingerprint density at radius 2 is 1.91 bits per heavy atom. The van der Waals surface area contributed by atoms with Crippen LogP contribution in [0.5, 0.6) is 5.88 Å². The topological polar surface area (TPSA) is 124 Å². The van der Waals surface area contributed by atoms with E-state index in [1.165, 1.54) is 30.3 Å². The normalized spacial score (nSPS) is 12.0. The Kier molecular flexibility index (Phi) is 4.79. The van der Waals surface area contributed by atoms with Crippen molar-refractivity contribution >= 4 is 24.3 Å². The van der Waals surface area contributed by atoms with Gasteiger partial charge in [0.15, 0.2) is 0 Å². The van der Waals surface area contributed by atoms with Crippen molar-refractivity contribution in [2.75, 3.05) is 0 Å². The fourth-order valence-electron chi connectivity index (χ4n) is 2.01. The Labute approximate surface area is 131 Å². The van der Waals surface area contributed by atoms with Gasteiger partial charge in [-0.25, -0.2) is 0 Å². The zero-order valence-electron chi connectivity index (χ0n) is 12.5. The largest absolute Gasteiger partial charge is 0.493 e. The molecule has 0 aliphatic carbocycles. The molecule has 0 unspecified atom stereocenters. The number of pyridine rings is 1. The minimum absolute atomic E-state index is 0.132.